The second-order valence-corrected chi connectivity index (χ2v) is 12.8. The quantitative estimate of drug-likeness (QED) is 0.132. The lowest BCUT2D eigenvalue weighted by atomic mass is 10.0. The molecule has 2 aromatic heterocycles. The van der Waals surface area contributed by atoms with Gasteiger partial charge in [0.1, 0.15) is 11.9 Å². The Morgan fingerprint density at radius 2 is 1.67 bits per heavy atom. The number of aromatic amines is 1. The number of H-pyrrole nitrogens is 1. The van der Waals surface area contributed by atoms with Gasteiger partial charge in [0.25, 0.3) is 5.91 Å². The number of carbonyl (C=O) groups is 2. The molecule has 0 aliphatic carbocycles. The van der Waals surface area contributed by atoms with E-state index >= 15 is 0 Å². The number of aromatic nitrogens is 3. The predicted octanol–water partition coefficient (Wildman–Crippen LogP) is 4.93. The molecule has 5 aromatic rings. The SMILES string of the molecule is Cc1cc(C)c(S(=O)(=O)N[C@@H](CN(CCCNc2ccccn2)C(=O)c2ccc3[nH]nc(-c4ccccc4)c3c2)C(=O)O)c(C)c1. The molecule has 0 radical (unpaired) electrons. The van der Waals surface area contributed by atoms with E-state index in [1.165, 1.54) is 4.90 Å². The molecule has 4 N–H and O–H groups in total. The minimum absolute atomic E-state index is 0.0284. The molecule has 0 saturated heterocycles. The van der Waals surface area contributed by atoms with Gasteiger partial charge in [-0.2, -0.15) is 9.82 Å². The highest BCUT2D eigenvalue weighted by molar-refractivity contribution is 7.89. The zero-order valence-corrected chi connectivity index (χ0v) is 26.6. The van der Waals surface area contributed by atoms with E-state index in [0.29, 0.717) is 41.2 Å². The highest BCUT2D eigenvalue weighted by atomic mass is 32.2. The Morgan fingerprint density at radius 1 is 0.957 bits per heavy atom. The lowest BCUT2D eigenvalue weighted by Crippen LogP contribution is -2.50. The summed E-state index contributed by atoms with van der Waals surface area (Å²) in [5, 5.41) is 21.5. The molecule has 0 spiro atoms. The molecule has 1 amide bonds. The number of fused-ring (bicyclic) bond motifs is 1. The summed E-state index contributed by atoms with van der Waals surface area (Å²) in [5.74, 6) is -1.17. The molecule has 5 rings (SSSR count). The topological polar surface area (TPSA) is 157 Å². The van der Waals surface area contributed by atoms with Crippen molar-refractivity contribution in [1.82, 2.24) is 24.8 Å². The number of aliphatic carboxylic acids is 1. The van der Waals surface area contributed by atoms with E-state index in [1.54, 1.807) is 56.4 Å². The van der Waals surface area contributed by atoms with E-state index in [9.17, 15) is 23.1 Å². The minimum atomic E-state index is -4.24. The average molecular weight is 641 g/mol. The van der Waals surface area contributed by atoms with E-state index in [4.69, 9.17) is 0 Å². The minimum Gasteiger partial charge on any atom is -0.480 e. The first-order chi connectivity index (χ1) is 22.0. The molecule has 0 saturated carbocycles. The van der Waals surface area contributed by atoms with Crippen LogP contribution in [-0.2, 0) is 14.8 Å². The molecular weight excluding hydrogens is 604 g/mol. The number of amides is 1. The summed E-state index contributed by atoms with van der Waals surface area (Å²) in [6.07, 6.45) is 2.11. The zero-order chi connectivity index (χ0) is 32.8. The summed E-state index contributed by atoms with van der Waals surface area (Å²) in [7, 11) is -4.24. The molecule has 0 fully saturated rings. The molecule has 1 atom stereocenters. The van der Waals surface area contributed by atoms with Gasteiger partial charge < -0.3 is 15.3 Å². The summed E-state index contributed by atoms with van der Waals surface area (Å²) < 4.78 is 29.4. The molecule has 2 heterocycles. The van der Waals surface area contributed by atoms with Crippen LogP contribution in [0.3, 0.4) is 0 Å². The van der Waals surface area contributed by atoms with E-state index < -0.39 is 34.5 Å². The number of anilines is 1. The smallest absolute Gasteiger partial charge is 0.323 e. The van der Waals surface area contributed by atoms with Gasteiger partial charge in [-0.3, -0.25) is 14.7 Å². The molecule has 238 valence electrons. The Balaban J connectivity index is 1.43. The van der Waals surface area contributed by atoms with Gasteiger partial charge in [-0.15, -0.1) is 0 Å². The Hall–Kier alpha value is -5.07. The van der Waals surface area contributed by atoms with E-state index in [0.717, 1.165) is 22.0 Å². The van der Waals surface area contributed by atoms with Crippen LogP contribution in [-0.4, -0.2) is 71.2 Å². The van der Waals surface area contributed by atoms with Crippen molar-refractivity contribution in [2.24, 2.45) is 0 Å². The molecule has 0 bridgehead atoms. The maximum Gasteiger partial charge on any atom is 0.323 e. The summed E-state index contributed by atoms with van der Waals surface area (Å²) in [6.45, 7) is 5.41. The van der Waals surface area contributed by atoms with Gasteiger partial charge in [-0.1, -0.05) is 54.1 Å². The monoisotopic (exact) mass is 640 g/mol. The van der Waals surface area contributed by atoms with Gasteiger partial charge in [0.05, 0.1) is 16.1 Å². The molecule has 0 unspecified atom stereocenters. The van der Waals surface area contributed by atoms with Crippen LogP contribution in [0.15, 0.2) is 90.0 Å². The van der Waals surface area contributed by atoms with Crippen molar-refractivity contribution in [2.75, 3.05) is 25.0 Å². The molecule has 3 aromatic carbocycles. The fraction of sp³-hybridized carbons (Fsp3) is 0.235. The number of hydrogen-bond donors (Lipinski definition) is 4. The predicted molar refractivity (Wildman–Crippen MR) is 177 cm³/mol. The first kappa shape index (κ1) is 32.3. The Labute approximate surface area is 267 Å². The number of benzene rings is 3. The lowest BCUT2D eigenvalue weighted by molar-refractivity contribution is -0.139. The number of hydrogen-bond acceptors (Lipinski definition) is 7. The van der Waals surface area contributed by atoms with Crippen molar-refractivity contribution < 1.29 is 23.1 Å². The van der Waals surface area contributed by atoms with Gasteiger partial charge >= 0.3 is 5.97 Å². The number of carboxylic acids is 1. The van der Waals surface area contributed by atoms with Gasteiger partial charge in [0.2, 0.25) is 10.0 Å². The van der Waals surface area contributed by atoms with Crippen LogP contribution in [0.2, 0.25) is 0 Å². The first-order valence-electron chi connectivity index (χ1n) is 14.8. The third-order valence-corrected chi connectivity index (χ3v) is 9.37. The van der Waals surface area contributed by atoms with Gasteiger partial charge in [0.15, 0.2) is 0 Å². The average Bonchev–Trinajstić information content (AvgIpc) is 3.45. The van der Waals surface area contributed by atoms with Crippen molar-refractivity contribution in [3.8, 4) is 11.3 Å². The van der Waals surface area contributed by atoms with Crippen LogP contribution in [0, 0.1) is 20.8 Å². The summed E-state index contributed by atoms with van der Waals surface area (Å²) in [6, 6.07) is 22.0. The number of aryl methyl sites for hydroxylation is 3. The zero-order valence-electron chi connectivity index (χ0n) is 25.8. The maximum atomic E-state index is 14.1. The van der Waals surface area contributed by atoms with Crippen molar-refractivity contribution in [3.63, 3.8) is 0 Å². The number of carboxylic acid groups (broad SMARTS) is 1. The summed E-state index contributed by atoms with van der Waals surface area (Å²) in [4.78, 5) is 32.2. The number of nitrogens with zero attached hydrogens (tertiary/aromatic N) is 3. The fourth-order valence-electron chi connectivity index (χ4n) is 5.60. The van der Waals surface area contributed by atoms with Crippen LogP contribution >= 0.6 is 0 Å². The summed E-state index contributed by atoms with van der Waals surface area (Å²) in [5.41, 5.74) is 4.51. The van der Waals surface area contributed by atoms with E-state index in [1.807, 2.05) is 49.4 Å². The fourth-order valence-corrected chi connectivity index (χ4v) is 7.23. The standard InChI is InChI=1S/C34H36N6O5S/c1-22-18-23(2)32(24(3)19-22)46(44,45)39-29(34(42)43)21-40(17-9-16-36-30-12-7-8-15-35-30)33(41)26-13-14-28-27(20-26)31(38-37-28)25-10-5-4-6-11-25/h4-8,10-15,18-20,29,39H,9,16-17,21H2,1-3H3,(H,35,36)(H,37,38)(H,42,43)/t29-/m0/s1. The number of carbonyl (C=O) groups excluding carboxylic acids is 1. The Morgan fingerprint density at radius 3 is 2.35 bits per heavy atom. The molecule has 46 heavy (non-hydrogen) atoms. The number of nitrogens with one attached hydrogen (secondary N) is 3. The highest BCUT2D eigenvalue weighted by Crippen LogP contribution is 2.28. The molecule has 11 nitrogen and oxygen atoms in total. The largest absolute Gasteiger partial charge is 0.480 e. The molecule has 12 heteroatoms. The third kappa shape index (κ3) is 7.41. The van der Waals surface area contributed by atoms with Crippen molar-refractivity contribution in [1.29, 1.82) is 0 Å². The molecule has 0 aliphatic heterocycles. The van der Waals surface area contributed by atoms with Crippen molar-refractivity contribution in [3.05, 3.63) is 107 Å². The second-order valence-electron chi connectivity index (χ2n) is 11.2. The first-order valence-corrected chi connectivity index (χ1v) is 16.3. The van der Waals surface area contributed by atoms with E-state index in [2.05, 4.69) is 25.2 Å². The molecule has 0 aliphatic rings. The van der Waals surface area contributed by atoms with E-state index in [-0.39, 0.29) is 11.4 Å². The van der Waals surface area contributed by atoms with Crippen molar-refractivity contribution in [2.45, 2.75) is 38.1 Å². The van der Waals surface area contributed by atoms with Gasteiger partial charge in [0, 0.05) is 42.3 Å². The summed E-state index contributed by atoms with van der Waals surface area (Å²) >= 11 is 0. The maximum absolute atomic E-state index is 14.1. The number of rotatable bonds is 13. The highest BCUT2D eigenvalue weighted by Gasteiger charge is 2.31. The van der Waals surface area contributed by atoms with Crippen molar-refractivity contribution >= 4 is 38.6 Å². The van der Waals surface area contributed by atoms with Gasteiger partial charge in [-0.05, 0) is 68.7 Å². The van der Waals surface area contributed by atoms with Crippen LogP contribution in [0.5, 0.6) is 0 Å². The third-order valence-electron chi connectivity index (χ3n) is 7.59. The Kier molecular flexibility index (Phi) is 9.78. The van der Waals surface area contributed by atoms with Crippen LogP contribution in [0.1, 0.15) is 33.5 Å². The Bertz CT molecular complexity index is 1940. The van der Waals surface area contributed by atoms with Crippen LogP contribution in [0.25, 0.3) is 22.2 Å². The van der Waals surface area contributed by atoms with Crippen LogP contribution in [0.4, 0.5) is 5.82 Å². The lowest BCUT2D eigenvalue weighted by Gasteiger charge is -2.27. The normalized spacial score (nSPS) is 12.2. The number of pyridine rings is 1. The van der Waals surface area contributed by atoms with Crippen LogP contribution < -0.4 is 10.0 Å². The van der Waals surface area contributed by atoms with Gasteiger partial charge in [-0.25, -0.2) is 13.4 Å². The second kappa shape index (κ2) is 13.9. The number of sulfonamides is 1. The molecular formula is C34H36N6O5S.